The number of benzene rings is 1. The molecule has 3 rings (SSSR count). The number of aliphatic carboxylic acids is 1. The lowest BCUT2D eigenvalue weighted by molar-refractivity contribution is -0.139. The number of nitrogens with one attached hydrogen (secondary N) is 2. The molecule has 0 bridgehead atoms. The van der Waals surface area contributed by atoms with Gasteiger partial charge in [0, 0.05) is 6.54 Å². The van der Waals surface area contributed by atoms with Gasteiger partial charge in [0.25, 0.3) is 5.91 Å². The highest BCUT2D eigenvalue weighted by atomic mass is 16.6. The fourth-order valence-electron chi connectivity index (χ4n) is 3.37. The van der Waals surface area contributed by atoms with E-state index in [9.17, 15) is 24.6 Å². The summed E-state index contributed by atoms with van der Waals surface area (Å²) in [4.78, 5) is 52.3. The van der Waals surface area contributed by atoms with Gasteiger partial charge in [-0.3, -0.25) is 4.79 Å². The molecule has 3 aromatic rings. The molecule has 0 saturated heterocycles. The first kappa shape index (κ1) is 28.6. The van der Waals surface area contributed by atoms with E-state index in [2.05, 4.69) is 30.6 Å². The number of carboxylic acids is 1. The maximum atomic E-state index is 12.7. The Bertz CT molecular complexity index is 1420. The van der Waals surface area contributed by atoms with Gasteiger partial charge in [0.05, 0.1) is 17.5 Å². The third kappa shape index (κ3) is 8.24. The van der Waals surface area contributed by atoms with Crippen molar-refractivity contribution in [2.24, 2.45) is 0 Å². The van der Waals surface area contributed by atoms with E-state index in [1.807, 2.05) is 0 Å². The van der Waals surface area contributed by atoms with Crippen molar-refractivity contribution in [3.05, 3.63) is 41.2 Å². The maximum absolute atomic E-state index is 12.7. The number of carboxylic acid groups (broad SMARTS) is 1. The number of aromatic hydroxyl groups is 1. The van der Waals surface area contributed by atoms with E-state index in [1.54, 1.807) is 39.0 Å². The monoisotopic (exact) mass is 538 g/mol. The van der Waals surface area contributed by atoms with Crippen LogP contribution in [-0.4, -0.2) is 66.3 Å². The number of amides is 2. The Kier molecular flexibility index (Phi) is 8.80. The smallest absolute Gasteiger partial charge is 0.407 e. The molecule has 14 nitrogen and oxygen atoms in total. The minimum atomic E-state index is -1.25. The van der Waals surface area contributed by atoms with Gasteiger partial charge >= 0.3 is 12.1 Å². The van der Waals surface area contributed by atoms with Crippen molar-refractivity contribution in [3.8, 4) is 5.75 Å². The molecule has 14 heteroatoms. The molecule has 39 heavy (non-hydrogen) atoms. The first-order chi connectivity index (χ1) is 18.3. The van der Waals surface area contributed by atoms with Crippen LogP contribution in [0, 0.1) is 0 Å². The Morgan fingerprint density at radius 3 is 2.54 bits per heavy atom. The van der Waals surface area contributed by atoms with Gasteiger partial charge in [-0.15, -0.1) is 0 Å². The number of anilines is 2. The van der Waals surface area contributed by atoms with Crippen LogP contribution in [0.15, 0.2) is 24.4 Å². The predicted molar refractivity (Wildman–Crippen MR) is 143 cm³/mol. The molecule has 2 heterocycles. The van der Waals surface area contributed by atoms with Crippen molar-refractivity contribution in [1.29, 1.82) is 0 Å². The lowest BCUT2D eigenvalue weighted by Gasteiger charge is -2.20. The van der Waals surface area contributed by atoms with E-state index in [1.165, 1.54) is 18.3 Å². The summed E-state index contributed by atoms with van der Waals surface area (Å²) in [6.45, 7) is 5.34. The van der Waals surface area contributed by atoms with Gasteiger partial charge in [-0.05, 0) is 57.4 Å². The van der Waals surface area contributed by atoms with E-state index >= 15 is 0 Å². The summed E-state index contributed by atoms with van der Waals surface area (Å²) in [6.07, 6.45) is 4.41. The van der Waals surface area contributed by atoms with Gasteiger partial charge in [0.2, 0.25) is 5.95 Å². The summed E-state index contributed by atoms with van der Waals surface area (Å²) in [7, 11) is 0. The zero-order chi connectivity index (χ0) is 28.7. The number of carbonyl (C=O) groups is 3. The van der Waals surface area contributed by atoms with Crippen molar-refractivity contribution in [2.75, 3.05) is 18.0 Å². The molecule has 2 aromatic heterocycles. The van der Waals surface area contributed by atoms with E-state index in [0.29, 0.717) is 11.3 Å². The Morgan fingerprint density at radius 1 is 1.13 bits per heavy atom. The second kappa shape index (κ2) is 12.0. The van der Waals surface area contributed by atoms with Crippen molar-refractivity contribution < 1.29 is 29.3 Å². The molecule has 8 N–H and O–H groups in total. The normalized spacial score (nSPS) is 12.3. The quantitative estimate of drug-likeness (QED) is 0.215. The van der Waals surface area contributed by atoms with Gasteiger partial charge in [0.15, 0.2) is 17.0 Å². The van der Waals surface area contributed by atoms with Gasteiger partial charge < -0.3 is 37.1 Å². The molecular formula is C25H30N8O6. The van der Waals surface area contributed by atoms with Gasteiger partial charge in [0.1, 0.15) is 17.4 Å². The Labute approximate surface area is 223 Å². The molecule has 1 aromatic carbocycles. The van der Waals surface area contributed by atoms with Crippen LogP contribution in [-0.2, 0) is 9.53 Å². The van der Waals surface area contributed by atoms with Crippen molar-refractivity contribution in [1.82, 2.24) is 30.6 Å². The first-order valence-corrected chi connectivity index (χ1v) is 11.9. The van der Waals surface area contributed by atoms with Crippen molar-refractivity contribution >= 4 is 53.1 Å². The van der Waals surface area contributed by atoms with Gasteiger partial charge in [-0.1, -0.05) is 12.1 Å². The third-order valence-corrected chi connectivity index (χ3v) is 5.12. The molecule has 0 radical (unpaired) electrons. The fraction of sp³-hybridized carbons (Fsp3) is 0.320. The fourth-order valence-corrected chi connectivity index (χ4v) is 3.37. The van der Waals surface area contributed by atoms with E-state index in [4.69, 9.17) is 16.2 Å². The topological polar surface area (TPSA) is 229 Å². The molecular weight excluding hydrogens is 508 g/mol. The molecule has 0 fully saturated rings. The number of phenols is 1. The SMILES string of the molecule is CC(C)(C)OC(=O)NCCC[C@H](NC(=O)c1ccc(/C=C/c2cnc3nc(N)nc(N)c3n2)cc1O)C(=O)O. The Morgan fingerprint density at radius 2 is 1.87 bits per heavy atom. The number of fused-ring (bicyclic) bond motifs is 1. The zero-order valence-corrected chi connectivity index (χ0v) is 21.6. The molecule has 1 atom stereocenters. The van der Waals surface area contributed by atoms with E-state index in [-0.39, 0.29) is 53.6 Å². The average molecular weight is 539 g/mol. The molecule has 0 aliphatic heterocycles. The van der Waals surface area contributed by atoms with Gasteiger partial charge in [-0.25, -0.2) is 19.6 Å². The average Bonchev–Trinajstić information content (AvgIpc) is 2.83. The van der Waals surface area contributed by atoms with E-state index in [0.717, 1.165) is 0 Å². The molecule has 2 amide bonds. The number of nitrogens with two attached hydrogens (primary N) is 2. The third-order valence-electron chi connectivity index (χ3n) is 5.12. The summed E-state index contributed by atoms with van der Waals surface area (Å²) in [5.41, 5.74) is 12.2. The minimum absolute atomic E-state index is 0.0120. The van der Waals surface area contributed by atoms with Crippen LogP contribution < -0.4 is 22.1 Å². The Hall–Kier alpha value is -5.01. The number of nitrogens with zero attached hydrogens (tertiary/aromatic N) is 4. The number of rotatable bonds is 9. The number of ether oxygens (including phenoxy) is 1. The highest BCUT2D eigenvalue weighted by Crippen LogP contribution is 2.21. The minimum Gasteiger partial charge on any atom is -0.507 e. The second-order valence-electron chi connectivity index (χ2n) is 9.48. The molecule has 0 spiro atoms. The maximum Gasteiger partial charge on any atom is 0.407 e. The van der Waals surface area contributed by atoms with Crippen molar-refractivity contribution in [3.63, 3.8) is 0 Å². The van der Waals surface area contributed by atoms with Crippen LogP contribution in [0.1, 0.15) is 55.2 Å². The number of alkyl carbamates (subject to hydrolysis) is 1. The van der Waals surface area contributed by atoms with Crippen LogP contribution in [0.3, 0.4) is 0 Å². The number of hydrogen-bond acceptors (Lipinski definition) is 11. The molecule has 206 valence electrons. The molecule has 0 aliphatic rings. The van der Waals surface area contributed by atoms with Crippen LogP contribution in [0.25, 0.3) is 23.3 Å². The molecule has 0 aliphatic carbocycles. The number of aromatic nitrogens is 4. The number of phenolic OH excluding ortho intramolecular Hbond substituents is 1. The van der Waals surface area contributed by atoms with Crippen LogP contribution in [0.2, 0.25) is 0 Å². The Balaban J connectivity index is 1.61. The molecule has 0 saturated carbocycles. The summed E-state index contributed by atoms with van der Waals surface area (Å²) in [5.74, 6) is -2.27. The van der Waals surface area contributed by atoms with E-state index < -0.39 is 29.6 Å². The van der Waals surface area contributed by atoms with Gasteiger partial charge in [-0.2, -0.15) is 9.97 Å². The van der Waals surface area contributed by atoms with Crippen molar-refractivity contribution in [2.45, 2.75) is 45.3 Å². The molecule has 0 unspecified atom stereocenters. The largest absolute Gasteiger partial charge is 0.507 e. The highest BCUT2D eigenvalue weighted by molar-refractivity contribution is 5.99. The highest BCUT2D eigenvalue weighted by Gasteiger charge is 2.22. The standard InChI is InChI=1S/C25H30N8O6/c1-25(2,3)39-24(38)28-10-4-5-16(22(36)37)31-21(35)15-9-7-13(11-17(15)34)6-8-14-12-29-20-18(30-14)19(26)32-23(27)33-20/h6-9,11-12,16,34H,4-5,10H2,1-3H3,(H,28,38)(H,31,35)(H,36,37)(H4,26,27,29,32,33)/b8-6+/t16-/m0/s1. The summed E-state index contributed by atoms with van der Waals surface area (Å²) in [6, 6.07) is 3.06. The van der Waals surface area contributed by atoms with Crippen LogP contribution >= 0.6 is 0 Å². The second-order valence-corrected chi connectivity index (χ2v) is 9.48. The zero-order valence-electron chi connectivity index (χ0n) is 21.6. The number of carbonyl (C=O) groups excluding carboxylic acids is 2. The van der Waals surface area contributed by atoms with Crippen LogP contribution in [0.5, 0.6) is 5.75 Å². The first-order valence-electron chi connectivity index (χ1n) is 11.9. The number of hydrogen-bond donors (Lipinski definition) is 6. The summed E-state index contributed by atoms with van der Waals surface area (Å²) in [5, 5.41) is 24.8. The lowest BCUT2D eigenvalue weighted by atomic mass is 10.1. The predicted octanol–water partition coefficient (Wildman–Crippen LogP) is 1.95. The summed E-state index contributed by atoms with van der Waals surface area (Å²) >= 11 is 0. The lowest BCUT2D eigenvalue weighted by Crippen LogP contribution is -2.41. The van der Waals surface area contributed by atoms with Crippen LogP contribution in [0.4, 0.5) is 16.6 Å². The summed E-state index contributed by atoms with van der Waals surface area (Å²) < 4.78 is 5.12. The number of nitrogen functional groups attached to an aromatic ring is 2.